The Morgan fingerprint density at radius 2 is 1.86 bits per heavy atom. The Morgan fingerprint density at radius 3 is 2.59 bits per heavy atom. The minimum absolute atomic E-state index is 0.517. The van der Waals surface area contributed by atoms with Crippen LogP contribution in [0.3, 0.4) is 0 Å². The van der Waals surface area contributed by atoms with E-state index < -0.39 is 0 Å². The van der Waals surface area contributed by atoms with Gasteiger partial charge in [0.1, 0.15) is 5.75 Å². The van der Waals surface area contributed by atoms with E-state index in [0.717, 1.165) is 47.4 Å². The molecule has 1 aliphatic heterocycles. The highest BCUT2D eigenvalue weighted by atomic mass is 16.5. The minimum atomic E-state index is 0.517. The number of rotatable bonds is 6. The van der Waals surface area contributed by atoms with Gasteiger partial charge in [-0.1, -0.05) is 0 Å². The summed E-state index contributed by atoms with van der Waals surface area (Å²) in [5, 5.41) is 3.23. The fourth-order valence-electron chi connectivity index (χ4n) is 3.12. The number of ether oxygens (including phenoxy) is 2. The second-order valence-electron chi connectivity index (χ2n) is 6.62. The van der Waals surface area contributed by atoms with Gasteiger partial charge in [-0.15, -0.1) is 0 Å². The molecule has 29 heavy (non-hydrogen) atoms. The number of nitrogens with zero attached hydrogens (tertiary/aromatic N) is 5. The summed E-state index contributed by atoms with van der Waals surface area (Å²) in [4.78, 5) is 20.3. The van der Waals surface area contributed by atoms with Crippen molar-refractivity contribution < 1.29 is 9.47 Å². The highest BCUT2D eigenvalue weighted by Gasteiger charge is 2.16. The van der Waals surface area contributed by atoms with Crippen LogP contribution in [0.5, 0.6) is 5.75 Å². The quantitative estimate of drug-likeness (QED) is 0.684. The number of nitrogens with one attached hydrogen (secondary N) is 1. The second kappa shape index (κ2) is 8.83. The summed E-state index contributed by atoms with van der Waals surface area (Å²) in [7, 11) is 0. The van der Waals surface area contributed by atoms with E-state index in [1.807, 2.05) is 50.4 Å². The molecule has 8 heteroatoms. The Labute approximate surface area is 170 Å². The third-order valence-electron chi connectivity index (χ3n) is 4.61. The zero-order valence-electron chi connectivity index (χ0n) is 16.6. The van der Waals surface area contributed by atoms with Crippen LogP contribution in [0.25, 0.3) is 11.3 Å². The molecule has 0 amide bonds. The molecular formula is C21H24N6O2. The van der Waals surface area contributed by atoms with Crippen LogP contribution in [0.15, 0.2) is 42.7 Å². The molecule has 1 fully saturated rings. The molecule has 0 aliphatic carbocycles. The van der Waals surface area contributed by atoms with E-state index in [-0.39, 0.29) is 0 Å². The van der Waals surface area contributed by atoms with Gasteiger partial charge in [-0.3, -0.25) is 0 Å². The normalized spacial score (nSPS) is 13.9. The zero-order chi connectivity index (χ0) is 20.1. The molecule has 3 aromatic rings. The lowest BCUT2D eigenvalue weighted by Crippen LogP contribution is -2.37. The van der Waals surface area contributed by atoms with Gasteiger partial charge >= 0.3 is 0 Å². The first-order valence-electron chi connectivity index (χ1n) is 9.72. The first-order chi connectivity index (χ1) is 14.2. The van der Waals surface area contributed by atoms with Crippen LogP contribution in [-0.4, -0.2) is 52.8 Å². The number of hydrogen-bond donors (Lipinski definition) is 1. The Balaban J connectivity index is 1.52. The van der Waals surface area contributed by atoms with E-state index in [1.165, 1.54) is 0 Å². The average Bonchev–Trinajstić information content (AvgIpc) is 2.76. The molecule has 0 saturated carbocycles. The van der Waals surface area contributed by atoms with Gasteiger partial charge in [-0.2, -0.15) is 0 Å². The van der Waals surface area contributed by atoms with Crippen molar-refractivity contribution in [2.24, 2.45) is 0 Å². The number of anilines is 3. The van der Waals surface area contributed by atoms with Gasteiger partial charge in [0.2, 0.25) is 11.9 Å². The number of morpholine rings is 1. The Morgan fingerprint density at radius 1 is 1.07 bits per heavy atom. The van der Waals surface area contributed by atoms with Crippen LogP contribution < -0.4 is 15.0 Å². The molecule has 1 saturated heterocycles. The molecule has 8 nitrogen and oxygen atoms in total. The molecule has 0 unspecified atom stereocenters. The van der Waals surface area contributed by atoms with Gasteiger partial charge in [-0.25, -0.2) is 19.9 Å². The third-order valence-corrected chi connectivity index (χ3v) is 4.61. The molecule has 2 aromatic heterocycles. The molecule has 1 N–H and O–H groups in total. The van der Waals surface area contributed by atoms with E-state index in [2.05, 4.69) is 30.2 Å². The monoisotopic (exact) mass is 392 g/mol. The van der Waals surface area contributed by atoms with Crippen LogP contribution in [0.2, 0.25) is 0 Å². The fraction of sp³-hybridized carbons (Fsp3) is 0.333. The Bertz CT molecular complexity index is 958. The van der Waals surface area contributed by atoms with E-state index >= 15 is 0 Å². The maximum Gasteiger partial charge on any atom is 0.227 e. The van der Waals surface area contributed by atoms with Gasteiger partial charge in [0.15, 0.2) is 0 Å². The molecule has 1 aliphatic rings. The molecule has 1 aromatic carbocycles. The summed E-state index contributed by atoms with van der Waals surface area (Å²) in [5.74, 6) is 2.08. The summed E-state index contributed by atoms with van der Waals surface area (Å²) >= 11 is 0. The van der Waals surface area contributed by atoms with Crippen molar-refractivity contribution in [3.05, 3.63) is 48.4 Å². The summed E-state index contributed by atoms with van der Waals surface area (Å²) in [5.41, 5.74) is 3.44. The Kier molecular flexibility index (Phi) is 5.81. The summed E-state index contributed by atoms with van der Waals surface area (Å²) in [6, 6.07) is 9.57. The highest BCUT2D eigenvalue weighted by Crippen LogP contribution is 2.24. The van der Waals surface area contributed by atoms with Crippen LogP contribution >= 0.6 is 0 Å². The zero-order valence-corrected chi connectivity index (χ0v) is 16.6. The summed E-state index contributed by atoms with van der Waals surface area (Å²) in [6.45, 7) is 7.61. The number of aromatic nitrogens is 4. The van der Waals surface area contributed by atoms with Crippen molar-refractivity contribution in [1.82, 2.24) is 19.9 Å². The molecular weight excluding hydrogens is 368 g/mol. The van der Waals surface area contributed by atoms with Crippen molar-refractivity contribution >= 4 is 17.6 Å². The van der Waals surface area contributed by atoms with Gasteiger partial charge in [-0.05, 0) is 44.2 Å². The van der Waals surface area contributed by atoms with E-state index in [1.54, 1.807) is 6.20 Å². The highest BCUT2D eigenvalue weighted by molar-refractivity contribution is 5.64. The lowest BCUT2D eigenvalue weighted by atomic mass is 10.2. The summed E-state index contributed by atoms with van der Waals surface area (Å²) in [6.07, 6.45) is 3.56. The van der Waals surface area contributed by atoms with E-state index in [0.29, 0.717) is 25.8 Å². The van der Waals surface area contributed by atoms with Crippen molar-refractivity contribution in [3.8, 4) is 17.0 Å². The first-order valence-corrected chi connectivity index (χ1v) is 9.72. The molecule has 0 spiro atoms. The lowest BCUT2D eigenvalue weighted by molar-refractivity contribution is 0.122. The number of benzene rings is 1. The second-order valence-corrected chi connectivity index (χ2v) is 6.62. The van der Waals surface area contributed by atoms with Crippen molar-refractivity contribution in [2.45, 2.75) is 13.8 Å². The average molecular weight is 392 g/mol. The molecule has 0 radical (unpaired) electrons. The topological polar surface area (TPSA) is 85.3 Å². The van der Waals surface area contributed by atoms with E-state index in [4.69, 9.17) is 9.47 Å². The maximum absolute atomic E-state index is 5.47. The van der Waals surface area contributed by atoms with Gasteiger partial charge in [0, 0.05) is 36.7 Å². The number of hydrogen-bond acceptors (Lipinski definition) is 8. The van der Waals surface area contributed by atoms with Crippen LogP contribution in [0.4, 0.5) is 17.6 Å². The van der Waals surface area contributed by atoms with Crippen molar-refractivity contribution in [3.63, 3.8) is 0 Å². The predicted molar refractivity (Wildman–Crippen MR) is 112 cm³/mol. The predicted octanol–water partition coefficient (Wildman–Crippen LogP) is 3.22. The van der Waals surface area contributed by atoms with Gasteiger partial charge in [0.25, 0.3) is 0 Å². The fourth-order valence-corrected chi connectivity index (χ4v) is 3.12. The van der Waals surface area contributed by atoms with Gasteiger partial charge in [0.05, 0.1) is 31.2 Å². The number of aryl methyl sites for hydroxylation is 1. The summed E-state index contributed by atoms with van der Waals surface area (Å²) < 4.78 is 10.9. The Hall–Kier alpha value is -3.26. The van der Waals surface area contributed by atoms with Crippen molar-refractivity contribution in [2.75, 3.05) is 43.1 Å². The maximum atomic E-state index is 5.47. The minimum Gasteiger partial charge on any atom is -0.494 e. The molecule has 0 atom stereocenters. The van der Waals surface area contributed by atoms with E-state index in [9.17, 15) is 0 Å². The third kappa shape index (κ3) is 4.60. The standard InChI is InChI=1S/C21H24N6O2/c1-3-29-17-6-4-16(5-7-17)25-20-22-9-8-19(26-20)18-14-23-21(24-15(18)2)27-10-12-28-13-11-27/h4-9,14H,3,10-13H2,1-2H3,(H,22,25,26). The van der Waals surface area contributed by atoms with Crippen molar-refractivity contribution in [1.29, 1.82) is 0 Å². The van der Waals surface area contributed by atoms with Crippen LogP contribution in [0.1, 0.15) is 12.6 Å². The van der Waals surface area contributed by atoms with Crippen LogP contribution in [0, 0.1) is 6.92 Å². The molecule has 3 heterocycles. The smallest absolute Gasteiger partial charge is 0.227 e. The SMILES string of the molecule is CCOc1ccc(Nc2nccc(-c3cnc(N4CCOCC4)nc3C)n2)cc1. The molecule has 150 valence electrons. The largest absolute Gasteiger partial charge is 0.494 e. The van der Waals surface area contributed by atoms with Crippen LogP contribution in [-0.2, 0) is 4.74 Å². The molecule has 4 rings (SSSR count). The molecule has 0 bridgehead atoms. The lowest BCUT2D eigenvalue weighted by Gasteiger charge is -2.27. The van der Waals surface area contributed by atoms with Gasteiger partial charge < -0.3 is 19.7 Å². The first kappa shape index (κ1) is 19.1.